The number of ether oxygens (including phenoxy) is 1. The number of likely N-dealkylation sites (tertiary alicyclic amines) is 1. The fourth-order valence-electron chi connectivity index (χ4n) is 3.80. The van der Waals surface area contributed by atoms with Crippen molar-refractivity contribution in [3.63, 3.8) is 0 Å². The van der Waals surface area contributed by atoms with Gasteiger partial charge >= 0.3 is 12.1 Å². The molecule has 4 nitrogen and oxygen atoms in total. The highest BCUT2D eigenvalue weighted by molar-refractivity contribution is 9.10. The summed E-state index contributed by atoms with van der Waals surface area (Å²) in [6.45, 7) is 0.932. The van der Waals surface area contributed by atoms with Crippen LogP contribution < -0.4 is 4.74 Å². The molecule has 0 aliphatic carbocycles. The van der Waals surface area contributed by atoms with E-state index in [-0.39, 0.29) is 0 Å². The molecule has 0 bridgehead atoms. The number of alkyl halides is 3. The molecule has 3 rings (SSSR count). The normalized spacial score (nSPS) is 17.1. The summed E-state index contributed by atoms with van der Waals surface area (Å²) in [6, 6.07) is 10.2. The minimum atomic E-state index is -4.45. The summed E-state index contributed by atoms with van der Waals surface area (Å²) in [4.78, 5) is 13.3. The average molecular weight is 472 g/mol. The largest absolute Gasteiger partial charge is 0.496 e. The van der Waals surface area contributed by atoms with Crippen LogP contribution in [0.15, 0.2) is 46.9 Å². The van der Waals surface area contributed by atoms with Crippen molar-refractivity contribution in [2.45, 2.75) is 25.1 Å². The molecule has 0 aromatic heterocycles. The van der Waals surface area contributed by atoms with E-state index in [1.807, 2.05) is 17.0 Å². The van der Waals surface area contributed by atoms with Gasteiger partial charge in [-0.1, -0.05) is 28.1 Å². The first-order chi connectivity index (χ1) is 13.7. The van der Waals surface area contributed by atoms with Gasteiger partial charge in [0.15, 0.2) is 0 Å². The molecule has 1 aliphatic rings. The van der Waals surface area contributed by atoms with Crippen LogP contribution in [0.25, 0.3) is 0 Å². The summed E-state index contributed by atoms with van der Waals surface area (Å²) < 4.78 is 46.2. The Bertz CT molecular complexity index is 880. The molecule has 2 aromatic carbocycles. The van der Waals surface area contributed by atoms with Crippen LogP contribution in [0.4, 0.5) is 13.2 Å². The Morgan fingerprint density at radius 2 is 1.90 bits per heavy atom. The molecule has 8 heteroatoms. The number of carboxylic acids is 1. The van der Waals surface area contributed by atoms with Crippen LogP contribution in [0.1, 0.15) is 35.6 Å². The zero-order chi connectivity index (χ0) is 21.2. The molecule has 1 fully saturated rings. The minimum Gasteiger partial charge on any atom is -0.496 e. The molecular weight excluding hydrogens is 451 g/mol. The number of aliphatic carboxylic acids is 1. The number of rotatable bonds is 5. The lowest BCUT2D eigenvalue weighted by molar-refractivity contribution is -0.143. The molecule has 0 saturated carbocycles. The Balaban J connectivity index is 2.06. The molecule has 0 radical (unpaired) electrons. The van der Waals surface area contributed by atoms with E-state index in [2.05, 4.69) is 15.9 Å². The van der Waals surface area contributed by atoms with Crippen LogP contribution in [0, 0.1) is 5.92 Å². The van der Waals surface area contributed by atoms with E-state index in [0.29, 0.717) is 37.2 Å². The van der Waals surface area contributed by atoms with Crippen molar-refractivity contribution in [1.29, 1.82) is 0 Å². The molecule has 156 valence electrons. The number of halogens is 4. The fraction of sp³-hybridized carbons (Fsp3) is 0.381. The molecule has 1 N–H and O–H groups in total. The van der Waals surface area contributed by atoms with E-state index in [1.165, 1.54) is 13.2 Å². The van der Waals surface area contributed by atoms with Gasteiger partial charge in [0.25, 0.3) is 0 Å². The van der Waals surface area contributed by atoms with Gasteiger partial charge in [0.2, 0.25) is 0 Å². The molecule has 0 amide bonds. The third-order valence-corrected chi connectivity index (χ3v) is 5.75. The summed E-state index contributed by atoms with van der Waals surface area (Å²) >= 11 is 3.43. The first-order valence-corrected chi connectivity index (χ1v) is 9.97. The third-order valence-electron chi connectivity index (χ3n) is 5.26. The van der Waals surface area contributed by atoms with Gasteiger partial charge in [-0.25, -0.2) is 0 Å². The van der Waals surface area contributed by atoms with Gasteiger partial charge in [0.1, 0.15) is 5.75 Å². The second-order valence-electron chi connectivity index (χ2n) is 7.06. The van der Waals surface area contributed by atoms with Crippen molar-refractivity contribution in [2.24, 2.45) is 5.92 Å². The number of nitrogens with zero attached hydrogens (tertiary/aromatic N) is 1. The van der Waals surface area contributed by atoms with Crippen LogP contribution in [0.5, 0.6) is 5.75 Å². The predicted molar refractivity (Wildman–Crippen MR) is 106 cm³/mol. The summed E-state index contributed by atoms with van der Waals surface area (Å²) in [5.74, 6) is -0.700. The van der Waals surface area contributed by atoms with Gasteiger partial charge in [-0.2, -0.15) is 13.2 Å². The maximum atomic E-state index is 13.3. The number of methoxy groups -OCH3 is 1. The SMILES string of the molecule is COc1ccc(Br)cc1C(c1cccc(C(F)(F)F)c1)N1CCC(C(=O)O)CC1. The van der Waals surface area contributed by atoms with Crippen molar-refractivity contribution >= 4 is 21.9 Å². The lowest BCUT2D eigenvalue weighted by Gasteiger charge is -2.37. The highest BCUT2D eigenvalue weighted by atomic mass is 79.9. The maximum absolute atomic E-state index is 13.3. The topological polar surface area (TPSA) is 49.8 Å². The predicted octanol–water partition coefficient (Wildman–Crippen LogP) is 5.36. The lowest BCUT2D eigenvalue weighted by atomic mass is 9.90. The number of carbonyl (C=O) groups is 1. The molecule has 1 heterocycles. The Morgan fingerprint density at radius 3 is 2.48 bits per heavy atom. The number of hydrogen-bond donors (Lipinski definition) is 1. The second kappa shape index (κ2) is 8.75. The Morgan fingerprint density at radius 1 is 1.21 bits per heavy atom. The summed E-state index contributed by atoms with van der Waals surface area (Å²) in [7, 11) is 1.52. The second-order valence-corrected chi connectivity index (χ2v) is 7.98. The lowest BCUT2D eigenvalue weighted by Crippen LogP contribution is -2.39. The van der Waals surface area contributed by atoms with Gasteiger partial charge in [0, 0.05) is 10.0 Å². The van der Waals surface area contributed by atoms with Crippen LogP contribution in [0.3, 0.4) is 0 Å². The number of benzene rings is 2. The van der Waals surface area contributed by atoms with Gasteiger partial charge < -0.3 is 9.84 Å². The van der Waals surface area contributed by atoms with Crippen molar-refractivity contribution in [1.82, 2.24) is 4.90 Å². The van der Waals surface area contributed by atoms with E-state index in [9.17, 15) is 23.1 Å². The number of carboxylic acid groups (broad SMARTS) is 1. The average Bonchev–Trinajstić information content (AvgIpc) is 2.68. The van der Waals surface area contributed by atoms with Crippen molar-refractivity contribution in [3.05, 3.63) is 63.6 Å². The first-order valence-electron chi connectivity index (χ1n) is 9.18. The van der Waals surface area contributed by atoms with Crippen molar-refractivity contribution in [2.75, 3.05) is 20.2 Å². The molecule has 1 saturated heterocycles. The van der Waals surface area contributed by atoms with Gasteiger partial charge in [0.05, 0.1) is 24.6 Å². The highest BCUT2D eigenvalue weighted by Gasteiger charge is 2.34. The fourth-order valence-corrected chi connectivity index (χ4v) is 4.17. The smallest absolute Gasteiger partial charge is 0.416 e. The van der Waals surface area contributed by atoms with E-state index in [4.69, 9.17) is 4.74 Å². The van der Waals surface area contributed by atoms with E-state index >= 15 is 0 Å². The first kappa shape index (κ1) is 21.6. The number of piperidine rings is 1. The molecule has 0 spiro atoms. The maximum Gasteiger partial charge on any atom is 0.416 e. The molecule has 1 aliphatic heterocycles. The van der Waals surface area contributed by atoms with Crippen LogP contribution >= 0.6 is 15.9 Å². The molecule has 29 heavy (non-hydrogen) atoms. The van der Waals surface area contributed by atoms with Gasteiger partial charge in [-0.3, -0.25) is 9.69 Å². The van der Waals surface area contributed by atoms with E-state index in [0.717, 1.165) is 22.2 Å². The zero-order valence-corrected chi connectivity index (χ0v) is 17.3. The zero-order valence-electron chi connectivity index (χ0n) is 15.7. The van der Waals surface area contributed by atoms with Crippen molar-refractivity contribution < 1.29 is 27.8 Å². The summed E-state index contributed by atoms with van der Waals surface area (Å²) in [5.41, 5.74) is 0.509. The summed E-state index contributed by atoms with van der Waals surface area (Å²) in [5, 5.41) is 9.27. The minimum absolute atomic E-state index is 0.433. The molecule has 1 unspecified atom stereocenters. The monoisotopic (exact) mass is 471 g/mol. The van der Waals surface area contributed by atoms with Gasteiger partial charge in [-0.05, 0) is 61.8 Å². The molecule has 2 aromatic rings. The van der Waals surface area contributed by atoms with Crippen LogP contribution in [0.2, 0.25) is 0 Å². The van der Waals surface area contributed by atoms with E-state index in [1.54, 1.807) is 12.1 Å². The Labute approximate surface area is 175 Å². The van der Waals surface area contributed by atoms with Crippen LogP contribution in [-0.2, 0) is 11.0 Å². The Kier molecular flexibility index (Phi) is 6.53. The van der Waals surface area contributed by atoms with Crippen molar-refractivity contribution in [3.8, 4) is 5.75 Å². The van der Waals surface area contributed by atoms with E-state index < -0.39 is 29.7 Å². The van der Waals surface area contributed by atoms with Crippen LogP contribution in [-0.4, -0.2) is 36.2 Å². The number of hydrogen-bond acceptors (Lipinski definition) is 3. The molecular formula is C21H21BrF3NO3. The standard InChI is InChI=1S/C21H21BrF3NO3/c1-29-18-6-5-16(22)12-17(18)19(26-9-7-13(8-10-26)20(27)28)14-3-2-4-15(11-14)21(23,24)25/h2-6,11-13,19H,7-10H2,1H3,(H,27,28). The summed E-state index contributed by atoms with van der Waals surface area (Å²) in [6.07, 6.45) is -3.56. The van der Waals surface area contributed by atoms with Gasteiger partial charge in [-0.15, -0.1) is 0 Å². The Hall–Kier alpha value is -2.06. The highest BCUT2D eigenvalue weighted by Crippen LogP contribution is 2.40. The molecule has 1 atom stereocenters. The third kappa shape index (κ3) is 4.93. The quantitative estimate of drug-likeness (QED) is 0.637.